The largest absolute Gasteiger partial charge is 0.318 e. The molecule has 4 rings (SSSR count). The summed E-state index contributed by atoms with van der Waals surface area (Å²) in [5.41, 5.74) is 5.98. The van der Waals surface area contributed by atoms with Gasteiger partial charge in [0.05, 0.1) is 17.1 Å². The molecule has 0 aliphatic rings. The molecule has 2 heterocycles. The number of para-hydroxylation sites is 1. The molecule has 4 aromatic rings. The number of nitrogens with zero attached hydrogens (tertiary/aromatic N) is 4. The van der Waals surface area contributed by atoms with Crippen LogP contribution in [-0.2, 0) is 0 Å². The Bertz CT molecular complexity index is 1210. The number of fused-ring (bicyclic) bond motifs is 1. The Morgan fingerprint density at radius 3 is 2.52 bits per heavy atom. The fourth-order valence-electron chi connectivity index (χ4n) is 3.28. The molecule has 0 bridgehead atoms. The number of benzene rings is 2. The minimum Gasteiger partial charge on any atom is -0.318 e. The van der Waals surface area contributed by atoms with E-state index < -0.39 is 0 Å². The van der Waals surface area contributed by atoms with Gasteiger partial charge in [-0.3, -0.25) is 4.79 Å². The topological polar surface area (TPSA) is 52.2 Å². The van der Waals surface area contributed by atoms with E-state index in [-0.39, 0.29) is 5.56 Å². The van der Waals surface area contributed by atoms with Crippen LogP contribution in [0.15, 0.2) is 70.8 Å². The smallest absolute Gasteiger partial charge is 0.281 e. The Balaban J connectivity index is 1.73. The first-order valence-electron chi connectivity index (χ1n) is 8.81. The fraction of sp³-hybridized carbons (Fsp3) is 0.136. The zero-order valence-electron chi connectivity index (χ0n) is 15.5. The van der Waals surface area contributed by atoms with E-state index in [4.69, 9.17) is 0 Å². The van der Waals surface area contributed by atoms with E-state index in [9.17, 15) is 4.79 Å². The Morgan fingerprint density at radius 1 is 1.00 bits per heavy atom. The average molecular weight is 356 g/mol. The highest BCUT2D eigenvalue weighted by molar-refractivity contribution is 5.82. The molecular weight excluding hydrogens is 336 g/mol. The van der Waals surface area contributed by atoms with Crippen molar-refractivity contribution in [3.05, 3.63) is 93.8 Å². The van der Waals surface area contributed by atoms with E-state index in [1.54, 1.807) is 12.3 Å². The van der Waals surface area contributed by atoms with Crippen LogP contribution in [0, 0.1) is 20.8 Å². The van der Waals surface area contributed by atoms with Gasteiger partial charge in [-0.1, -0.05) is 29.8 Å². The zero-order valence-corrected chi connectivity index (χ0v) is 15.5. The molecule has 0 amide bonds. The summed E-state index contributed by atoms with van der Waals surface area (Å²) in [5, 5.41) is 4.91. The number of hydrogen-bond acceptors (Lipinski definition) is 3. The molecule has 0 radical (unpaired) electrons. The number of aryl methyl sites for hydroxylation is 2. The minimum atomic E-state index is -0.177. The second-order valence-electron chi connectivity index (χ2n) is 6.65. The summed E-state index contributed by atoms with van der Waals surface area (Å²) >= 11 is 0. The lowest BCUT2D eigenvalue weighted by molar-refractivity contribution is 0.817. The van der Waals surface area contributed by atoms with Crippen molar-refractivity contribution in [2.24, 2.45) is 5.10 Å². The van der Waals surface area contributed by atoms with Crippen molar-refractivity contribution in [2.75, 3.05) is 0 Å². The molecule has 2 aromatic carbocycles. The molecule has 0 unspecified atom stereocenters. The third kappa shape index (κ3) is 3.08. The van der Waals surface area contributed by atoms with Crippen molar-refractivity contribution in [3.8, 4) is 5.69 Å². The molecule has 2 aromatic heterocycles. The summed E-state index contributed by atoms with van der Waals surface area (Å²) in [5.74, 6) is 0. The van der Waals surface area contributed by atoms with Crippen LogP contribution in [0.25, 0.3) is 16.6 Å². The average Bonchev–Trinajstić information content (AvgIpc) is 2.96. The van der Waals surface area contributed by atoms with Crippen LogP contribution in [0.2, 0.25) is 0 Å². The van der Waals surface area contributed by atoms with E-state index in [2.05, 4.69) is 65.8 Å². The monoisotopic (exact) mass is 356 g/mol. The summed E-state index contributed by atoms with van der Waals surface area (Å²) < 4.78 is 3.46. The van der Waals surface area contributed by atoms with Crippen LogP contribution in [0.5, 0.6) is 0 Å². The standard InChI is InChI=1S/C22H20N4O/c1-15-8-10-19(11-9-15)26-16(2)12-18(17(26)3)13-24-25-14-23-21-7-5-4-6-20(21)22(25)27/h4-14H,1-3H3/b24-13-. The van der Waals surface area contributed by atoms with Gasteiger partial charge in [-0.15, -0.1) is 0 Å². The molecular formula is C22H20N4O. The van der Waals surface area contributed by atoms with Gasteiger partial charge in [-0.05, 0) is 51.1 Å². The van der Waals surface area contributed by atoms with Crippen molar-refractivity contribution in [1.82, 2.24) is 14.2 Å². The van der Waals surface area contributed by atoms with Gasteiger partial charge in [0.2, 0.25) is 0 Å². The van der Waals surface area contributed by atoms with Gasteiger partial charge in [0.15, 0.2) is 0 Å². The van der Waals surface area contributed by atoms with E-state index in [0.29, 0.717) is 10.9 Å². The van der Waals surface area contributed by atoms with Crippen molar-refractivity contribution in [3.63, 3.8) is 0 Å². The molecule has 0 fully saturated rings. The predicted octanol–water partition coefficient (Wildman–Crippen LogP) is 3.99. The van der Waals surface area contributed by atoms with Crippen LogP contribution < -0.4 is 5.56 Å². The van der Waals surface area contributed by atoms with Gasteiger partial charge in [0.25, 0.3) is 5.56 Å². The molecule has 0 saturated heterocycles. The number of rotatable bonds is 3. The third-order valence-electron chi connectivity index (χ3n) is 4.73. The summed E-state index contributed by atoms with van der Waals surface area (Å²) in [4.78, 5) is 16.9. The lowest BCUT2D eigenvalue weighted by atomic mass is 10.2. The first-order valence-corrected chi connectivity index (χ1v) is 8.81. The number of hydrogen-bond donors (Lipinski definition) is 0. The van der Waals surface area contributed by atoms with E-state index in [1.807, 2.05) is 18.2 Å². The maximum absolute atomic E-state index is 12.6. The van der Waals surface area contributed by atoms with Crippen LogP contribution >= 0.6 is 0 Å². The second-order valence-corrected chi connectivity index (χ2v) is 6.65. The summed E-state index contributed by atoms with van der Waals surface area (Å²) in [6.45, 7) is 6.19. The summed E-state index contributed by atoms with van der Waals surface area (Å²) in [6, 6.07) is 17.8. The molecule has 27 heavy (non-hydrogen) atoms. The molecule has 0 saturated carbocycles. The Labute approximate surface area is 157 Å². The zero-order chi connectivity index (χ0) is 19.0. The molecule has 5 heteroatoms. The van der Waals surface area contributed by atoms with E-state index in [1.165, 1.54) is 16.6 Å². The Hall–Kier alpha value is -3.47. The fourth-order valence-corrected chi connectivity index (χ4v) is 3.28. The Kier molecular flexibility index (Phi) is 4.20. The van der Waals surface area contributed by atoms with Gasteiger partial charge in [0, 0.05) is 22.6 Å². The van der Waals surface area contributed by atoms with E-state index >= 15 is 0 Å². The number of aromatic nitrogens is 3. The molecule has 0 aliphatic carbocycles. The maximum atomic E-state index is 12.6. The Morgan fingerprint density at radius 2 is 1.74 bits per heavy atom. The summed E-state index contributed by atoms with van der Waals surface area (Å²) in [7, 11) is 0. The minimum absolute atomic E-state index is 0.177. The molecule has 0 N–H and O–H groups in total. The van der Waals surface area contributed by atoms with Crippen LogP contribution in [0.4, 0.5) is 0 Å². The quantitative estimate of drug-likeness (QED) is 0.521. The lowest BCUT2D eigenvalue weighted by Crippen LogP contribution is -2.17. The highest BCUT2D eigenvalue weighted by atomic mass is 16.1. The van der Waals surface area contributed by atoms with E-state index in [0.717, 1.165) is 22.6 Å². The highest BCUT2D eigenvalue weighted by Gasteiger charge is 2.09. The van der Waals surface area contributed by atoms with Crippen LogP contribution in [0.3, 0.4) is 0 Å². The first-order chi connectivity index (χ1) is 13.0. The summed E-state index contributed by atoms with van der Waals surface area (Å²) in [6.07, 6.45) is 3.17. The second kappa shape index (κ2) is 6.68. The van der Waals surface area contributed by atoms with Crippen LogP contribution in [-0.4, -0.2) is 20.4 Å². The van der Waals surface area contributed by atoms with Gasteiger partial charge >= 0.3 is 0 Å². The molecule has 0 aliphatic heterocycles. The van der Waals surface area contributed by atoms with Gasteiger partial charge in [-0.2, -0.15) is 9.78 Å². The first kappa shape index (κ1) is 17.0. The normalized spacial score (nSPS) is 11.5. The van der Waals surface area contributed by atoms with Crippen molar-refractivity contribution in [1.29, 1.82) is 0 Å². The van der Waals surface area contributed by atoms with Crippen molar-refractivity contribution >= 4 is 17.1 Å². The molecule has 0 atom stereocenters. The SMILES string of the molecule is Cc1ccc(-n2c(C)cc(/C=N\n3cnc4ccccc4c3=O)c2C)cc1. The highest BCUT2D eigenvalue weighted by Crippen LogP contribution is 2.20. The van der Waals surface area contributed by atoms with Crippen molar-refractivity contribution in [2.45, 2.75) is 20.8 Å². The third-order valence-corrected chi connectivity index (χ3v) is 4.73. The van der Waals surface area contributed by atoms with Crippen molar-refractivity contribution < 1.29 is 0 Å². The van der Waals surface area contributed by atoms with Gasteiger partial charge in [0.1, 0.15) is 6.33 Å². The van der Waals surface area contributed by atoms with Gasteiger partial charge in [-0.25, -0.2) is 4.98 Å². The van der Waals surface area contributed by atoms with Crippen LogP contribution in [0.1, 0.15) is 22.5 Å². The molecule has 134 valence electrons. The predicted molar refractivity (Wildman–Crippen MR) is 109 cm³/mol. The van der Waals surface area contributed by atoms with Gasteiger partial charge < -0.3 is 4.57 Å². The molecule has 0 spiro atoms. The molecule has 5 nitrogen and oxygen atoms in total. The lowest BCUT2D eigenvalue weighted by Gasteiger charge is -2.09. The maximum Gasteiger partial charge on any atom is 0.281 e.